The Morgan fingerprint density at radius 2 is 1.15 bits per heavy atom. The Bertz CT molecular complexity index is 1090. The van der Waals surface area contributed by atoms with Crippen molar-refractivity contribution in [2.24, 2.45) is 5.92 Å². The number of carbonyl (C=O) groups excluding carboxylic acids is 5. The van der Waals surface area contributed by atoms with Crippen LogP contribution in [0.2, 0.25) is 0 Å². The van der Waals surface area contributed by atoms with Crippen LogP contribution in [0.4, 0.5) is 0 Å². The number of unbranched alkanes of at least 4 members (excludes halogenated alkanes) is 6. The molecule has 0 aromatic rings. The Morgan fingerprint density at radius 1 is 0.623 bits per heavy atom. The van der Waals surface area contributed by atoms with Crippen LogP contribution in [0.1, 0.15) is 132 Å². The summed E-state index contributed by atoms with van der Waals surface area (Å²) in [4.78, 5) is 72.3. The quantitative estimate of drug-likeness (QED) is 0.0568. The Hall–Kier alpha value is -2.91. The number of esters is 2. The van der Waals surface area contributed by atoms with E-state index in [1.807, 2.05) is 46.4 Å². The molecule has 0 spiro atoms. The number of hydrogen-bond donors (Lipinski definition) is 4. The van der Waals surface area contributed by atoms with Gasteiger partial charge in [0, 0.05) is 25.8 Å². The number of carboxylic acid groups (broad SMARTS) is 1. The number of carbonyl (C=O) groups is 6. The summed E-state index contributed by atoms with van der Waals surface area (Å²) in [6.45, 7) is 15.0. The minimum Gasteiger partial charge on any atom is -0.481 e. The first-order chi connectivity index (χ1) is 24.8. The van der Waals surface area contributed by atoms with Crippen molar-refractivity contribution >= 4 is 47.4 Å². The Morgan fingerprint density at radius 3 is 1.74 bits per heavy atom. The third-order valence-corrected chi connectivity index (χ3v) is 8.53. The van der Waals surface area contributed by atoms with Gasteiger partial charge in [-0.3, -0.25) is 19.2 Å². The summed E-state index contributed by atoms with van der Waals surface area (Å²) >= 11 is 1.94. The topological polar surface area (TPSA) is 196 Å². The Labute approximate surface area is 321 Å². The van der Waals surface area contributed by atoms with Gasteiger partial charge in [-0.15, -0.1) is 0 Å². The van der Waals surface area contributed by atoms with Gasteiger partial charge in [-0.2, -0.15) is 11.8 Å². The van der Waals surface area contributed by atoms with Gasteiger partial charge in [0.1, 0.15) is 29.9 Å². The molecule has 0 radical (unpaired) electrons. The van der Waals surface area contributed by atoms with E-state index in [0.717, 1.165) is 62.9 Å². The summed E-state index contributed by atoms with van der Waals surface area (Å²) in [6, 6.07) is -1.72. The van der Waals surface area contributed by atoms with Crippen molar-refractivity contribution < 1.29 is 52.8 Å². The molecule has 0 aliphatic rings. The maximum Gasteiger partial charge on any atom is 0.329 e. The van der Waals surface area contributed by atoms with Crippen molar-refractivity contribution in [1.82, 2.24) is 16.0 Å². The highest BCUT2D eigenvalue weighted by Crippen LogP contribution is 2.15. The highest BCUT2D eigenvalue weighted by atomic mass is 32.2. The number of ether oxygens (including phenoxy) is 4. The molecule has 0 heterocycles. The zero-order valence-electron chi connectivity index (χ0n) is 33.6. The lowest BCUT2D eigenvalue weighted by Crippen LogP contribution is -2.47. The fourth-order valence-electron chi connectivity index (χ4n) is 4.76. The van der Waals surface area contributed by atoms with Crippen LogP contribution in [0.3, 0.4) is 0 Å². The molecule has 15 heteroatoms. The number of hydrogen-bond acceptors (Lipinski definition) is 11. The third kappa shape index (κ3) is 31.2. The third-order valence-electron chi connectivity index (χ3n) is 7.38. The van der Waals surface area contributed by atoms with E-state index in [9.17, 15) is 28.8 Å². The van der Waals surface area contributed by atoms with E-state index in [-0.39, 0.29) is 56.4 Å². The number of carboxylic acids is 1. The molecule has 0 bridgehead atoms. The van der Waals surface area contributed by atoms with Gasteiger partial charge in [0.15, 0.2) is 0 Å². The summed E-state index contributed by atoms with van der Waals surface area (Å²) in [7, 11) is 0. The van der Waals surface area contributed by atoms with E-state index >= 15 is 0 Å². The molecule has 2 atom stereocenters. The number of amides is 3. The van der Waals surface area contributed by atoms with Crippen molar-refractivity contribution in [2.45, 2.75) is 156 Å². The van der Waals surface area contributed by atoms with E-state index in [2.05, 4.69) is 16.0 Å². The van der Waals surface area contributed by atoms with Crippen LogP contribution in [-0.2, 0) is 47.7 Å². The van der Waals surface area contributed by atoms with Gasteiger partial charge in [-0.05, 0) is 91.1 Å². The Kier molecular flexibility index (Phi) is 27.0. The molecule has 0 aromatic carbocycles. The molecule has 0 saturated carbocycles. The molecule has 308 valence electrons. The van der Waals surface area contributed by atoms with E-state index < -0.39 is 41.1 Å². The standard InChI is InChI=1S/C38H69N3O11S/c1-28(2)34(36(48)52-38(6,7)8)41-31(43)18-13-10-9-11-15-25-53-26-16-12-14-17-30(42)39-21-22-49-23-24-50-27-32(44)40-29(19-20-33(45)46)35(47)51-37(3,4)5/h28-29,34H,9-27H2,1-8H3,(H,39,42)(H,40,44)(H,41,43)(H,45,46). The molecule has 4 N–H and O–H groups in total. The van der Waals surface area contributed by atoms with Crippen LogP contribution >= 0.6 is 11.8 Å². The average molecular weight is 776 g/mol. The predicted octanol–water partition coefficient (Wildman–Crippen LogP) is 4.94. The zero-order chi connectivity index (χ0) is 40.3. The normalized spacial score (nSPS) is 12.8. The van der Waals surface area contributed by atoms with Gasteiger partial charge in [0.05, 0.1) is 19.8 Å². The van der Waals surface area contributed by atoms with Crippen LogP contribution in [-0.4, -0.2) is 108 Å². The van der Waals surface area contributed by atoms with Gasteiger partial charge in [-0.1, -0.05) is 39.5 Å². The molecule has 0 fully saturated rings. The van der Waals surface area contributed by atoms with Crippen molar-refractivity contribution in [3.05, 3.63) is 0 Å². The fourth-order valence-corrected chi connectivity index (χ4v) is 5.78. The van der Waals surface area contributed by atoms with Crippen molar-refractivity contribution in [1.29, 1.82) is 0 Å². The maximum atomic E-state index is 12.4. The molecule has 3 amide bonds. The predicted molar refractivity (Wildman–Crippen MR) is 205 cm³/mol. The van der Waals surface area contributed by atoms with Crippen LogP contribution in [0.15, 0.2) is 0 Å². The molecular weight excluding hydrogens is 706 g/mol. The van der Waals surface area contributed by atoms with Crippen LogP contribution in [0, 0.1) is 5.92 Å². The van der Waals surface area contributed by atoms with E-state index in [1.54, 1.807) is 20.8 Å². The van der Waals surface area contributed by atoms with Crippen molar-refractivity contribution in [3.63, 3.8) is 0 Å². The van der Waals surface area contributed by atoms with Crippen LogP contribution in [0.25, 0.3) is 0 Å². The van der Waals surface area contributed by atoms with E-state index in [4.69, 9.17) is 24.1 Å². The molecule has 0 aliphatic heterocycles. The lowest BCUT2D eigenvalue weighted by atomic mass is 10.0. The van der Waals surface area contributed by atoms with Gasteiger partial charge >= 0.3 is 17.9 Å². The second-order valence-electron chi connectivity index (χ2n) is 15.4. The smallest absolute Gasteiger partial charge is 0.329 e. The minimum absolute atomic E-state index is 0.0168. The SMILES string of the molecule is CC(C)C(NC(=O)CCCCCCCSCCCCCC(=O)NCCOCCOCC(=O)NC(CCC(=O)O)C(=O)OC(C)(C)C)C(=O)OC(C)(C)C. The van der Waals surface area contributed by atoms with Crippen LogP contribution < -0.4 is 16.0 Å². The fraction of sp³-hybridized carbons (Fsp3) is 0.842. The lowest BCUT2D eigenvalue weighted by Gasteiger charge is -2.26. The monoisotopic (exact) mass is 775 g/mol. The zero-order valence-corrected chi connectivity index (χ0v) is 34.4. The number of thioether (sulfide) groups is 1. The minimum atomic E-state index is -1.09. The van der Waals surface area contributed by atoms with Gasteiger partial charge in [0.2, 0.25) is 17.7 Å². The largest absolute Gasteiger partial charge is 0.481 e. The molecule has 2 unspecified atom stereocenters. The highest BCUT2D eigenvalue weighted by Gasteiger charge is 2.29. The summed E-state index contributed by atoms with van der Waals surface area (Å²) < 4.78 is 21.4. The first-order valence-electron chi connectivity index (χ1n) is 19.1. The van der Waals surface area contributed by atoms with Gasteiger partial charge in [0.25, 0.3) is 0 Å². The maximum absolute atomic E-state index is 12.4. The van der Waals surface area contributed by atoms with Crippen molar-refractivity contribution in [2.75, 3.05) is 44.5 Å². The summed E-state index contributed by atoms with van der Waals surface area (Å²) in [6.07, 6.45) is 8.52. The first-order valence-corrected chi connectivity index (χ1v) is 20.2. The lowest BCUT2D eigenvalue weighted by molar-refractivity contribution is -0.160. The van der Waals surface area contributed by atoms with E-state index in [0.29, 0.717) is 26.0 Å². The summed E-state index contributed by atoms with van der Waals surface area (Å²) in [5.41, 5.74) is -1.37. The highest BCUT2D eigenvalue weighted by molar-refractivity contribution is 7.99. The van der Waals surface area contributed by atoms with Gasteiger partial charge < -0.3 is 40.0 Å². The molecule has 14 nitrogen and oxygen atoms in total. The van der Waals surface area contributed by atoms with Crippen molar-refractivity contribution in [3.8, 4) is 0 Å². The molecule has 0 rings (SSSR count). The second kappa shape index (κ2) is 28.5. The summed E-state index contributed by atoms with van der Waals surface area (Å²) in [5.74, 6) is -0.742. The number of aliphatic carboxylic acids is 1. The summed E-state index contributed by atoms with van der Waals surface area (Å²) in [5, 5.41) is 17.1. The number of nitrogens with one attached hydrogen (secondary N) is 3. The molecular formula is C38H69N3O11S. The Balaban J connectivity index is 3.76. The molecule has 0 aliphatic carbocycles. The van der Waals surface area contributed by atoms with Crippen LogP contribution in [0.5, 0.6) is 0 Å². The van der Waals surface area contributed by atoms with E-state index in [1.165, 1.54) is 0 Å². The average Bonchev–Trinajstić information content (AvgIpc) is 3.03. The molecule has 53 heavy (non-hydrogen) atoms. The first kappa shape index (κ1) is 50.1. The molecule has 0 aromatic heterocycles. The van der Waals surface area contributed by atoms with Gasteiger partial charge in [-0.25, -0.2) is 9.59 Å². The second-order valence-corrected chi connectivity index (χ2v) is 16.6. The molecule has 0 saturated heterocycles. The number of rotatable bonds is 30.